The number of hydrogen-bond donors (Lipinski definition) is 1. The molecule has 0 spiro atoms. The van der Waals surface area contributed by atoms with Crippen LogP contribution in [0.4, 0.5) is 11.4 Å². The highest BCUT2D eigenvalue weighted by molar-refractivity contribution is 7.92. The highest BCUT2D eigenvalue weighted by atomic mass is 32.2. The Balaban J connectivity index is 1.58. The summed E-state index contributed by atoms with van der Waals surface area (Å²) < 4.78 is 28.3. The Hall–Kier alpha value is -3.72. The van der Waals surface area contributed by atoms with Gasteiger partial charge in [0.2, 0.25) is 0 Å². The van der Waals surface area contributed by atoms with Crippen molar-refractivity contribution in [1.29, 1.82) is 0 Å². The van der Waals surface area contributed by atoms with E-state index in [1.807, 2.05) is 19.1 Å². The first-order chi connectivity index (χ1) is 15.7. The van der Waals surface area contributed by atoms with Gasteiger partial charge in [0.05, 0.1) is 21.5 Å². The lowest BCUT2D eigenvalue weighted by atomic mass is 10.1. The van der Waals surface area contributed by atoms with Crippen molar-refractivity contribution in [3.63, 3.8) is 0 Å². The summed E-state index contributed by atoms with van der Waals surface area (Å²) in [6.45, 7) is 3.56. The van der Waals surface area contributed by atoms with E-state index in [0.29, 0.717) is 17.7 Å². The predicted octanol–water partition coefficient (Wildman–Crippen LogP) is 4.23. The molecule has 8 nitrogen and oxygen atoms in total. The number of carbonyl (C=O) groups is 1. The van der Waals surface area contributed by atoms with E-state index in [-0.39, 0.29) is 22.2 Å². The molecule has 0 saturated carbocycles. The van der Waals surface area contributed by atoms with Gasteiger partial charge in [-0.25, -0.2) is 8.42 Å². The highest BCUT2D eigenvalue weighted by Gasteiger charge is 2.36. The average molecular weight is 466 g/mol. The molecule has 4 rings (SSSR count). The average Bonchev–Trinajstić information content (AvgIpc) is 3.15. The van der Waals surface area contributed by atoms with Crippen LogP contribution in [0, 0.1) is 10.1 Å². The van der Waals surface area contributed by atoms with Crippen LogP contribution >= 0.6 is 0 Å². The van der Waals surface area contributed by atoms with Crippen molar-refractivity contribution in [3.05, 3.63) is 99.6 Å². The summed E-state index contributed by atoms with van der Waals surface area (Å²) >= 11 is 0. The number of amides is 1. The minimum atomic E-state index is -3.87. The van der Waals surface area contributed by atoms with Gasteiger partial charge >= 0.3 is 0 Å². The number of nitro benzene ring substituents is 1. The number of nitrogens with one attached hydrogen (secondary N) is 1. The summed E-state index contributed by atoms with van der Waals surface area (Å²) in [7, 11) is -3.87. The first-order valence-corrected chi connectivity index (χ1v) is 11.9. The largest absolute Gasteiger partial charge is 0.346 e. The van der Waals surface area contributed by atoms with E-state index < -0.39 is 26.9 Å². The van der Waals surface area contributed by atoms with Crippen LogP contribution in [0.3, 0.4) is 0 Å². The second-order valence-electron chi connectivity index (χ2n) is 8.06. The number of anilines is 1. The fraction of sp³-hybridized carbons (Fsp3) is 0.208. The van der Waals surface area contributed by atoms with Crippen LogP contribution in [0.5, 0.6) is 0 Å². The van der Waals surface area contributed by atoms with Gasteiger partial charge in [0.1, 0.15) is 0 Å². The Kier molecular flexibility index (Phi) is 5.90. The third-order valence-corrected chi connectivity index (χ3v) is 7.65. The normalized spacial score (nSPS) is 16.2. The van der Waals surface area contributed by atoms with Crippen LogP contribution < -0.4 is 9.62 Å². The molecule has 3 aromatic carbocycles. The number of nitrogens with zero attached hydrogens (tertiary/aromatic N) is 2. The van der Waals surface area contributed by atoms with Gasteiger partial charge < -0.3 is 5.32 Å². The smallest absolute Gasteiger partial charge is 0.269 e. The third-order valence-electron chi connectivity index (χ3n) is 5.73. The van der Waals surface area contributed by atoms with Gasteiger partial charge in [-0.1, -0.05) is 36.4 Å². The minimum absolute atomic E-state index is 0.0294. The summed E-state index contributed by atoms with van der Waals surface area (Å²) in [4.78, 5) is 23.4. The summed E-state index contributed by atoms with van der Waals surface area (Å²) in [5, 5.41) is 13.8. The molecule has 1 aliphatic rings. The topological polar surface area (TPSA) is 110 Å². The van der Waals surface area contributed by atoms with Crippen molar-refractivity contribution in [2.45, 2.75) is 37.2 Å². The maximum atomic E-state index is 13.5. The SMILES string of the molecule is CC(NC(=O)c1cccc(S(=O)(=O)N2c3ccccc3CC2C)c1)c1cccc([N+](=O)[O-])c1. The fourth-order valence-electron chi connectivity index (χ4n) is 4.09. The van der Waals surface area contributed by atoms with Gasteiger partial charge in [-0.05, 0) is 55.7 Å². The molecule has 9 heteroatoms. The third kappa shape index (κ3) is 4.31. The van der Waals surface area contributed by atoms with Gasteiger partial charge in [0.15, 0.2) is 0 Å². The Bertz CT molecular complexity index is 1340. The van der Waals surface area contributed by atoms with Gasteiger partial charge in [0.25, 0.3) is 21.6 Å². The molecule has 1 heterocycles. The fourth-order valence-corrected chi connectivity index (χ4v) is 5.82. The van der Waals surface area contributed by atoms with Crippen molar-refractivity contribution in [2.24, 2.45) is 0 Å². The number of benzene rings is 3. The van der Waals surface area contributed by atoms with Crippen molar-refractivity contribution in [2.75, 3.05) is 4.31 Å². The monoisotopic (exact) mass is 465 g/mol. The minimum Gasteiger partial charge on any atom is -0.346 e. The summed E-state index contributed by atoms with van der Waals surface area (Å²) in [6.07, 6.45) is 0.621. The van der Waals surface area contributed by atoms with Crippen LogP contribution in [0.15, 0.2) is 77.7 Å². The summed E-state index contributed by atoms with van der Waals surface area (Å²) in [5.41, 5.74) is 2.31. The zero-order valence-electron chi connectivity index (χ0n) is 18.1. The molecule has 2 atom stereocenters. The molecule has 3 aromatic rings. The molecule has 0 bridgehead atoms. The predicted molar refractivity (Wildman–Crippen MR) is 125 cm³/mol. The van der Waals surface area contributed by atoms with Crippen LogP contribution in [-0.4, -0.2) is 25.3 Å². The molecule has 1 N–H and O–H groups in total. The van der Waals surface area contributed by atoms with E-state index in [4.69, 9.17) is 0 Å². The molecule has 0 radical (unpaired) electrons. The molecule has 1 aliphatic heterocycles. The van der Waals surface area contributed by atoms with Crippen LogP contribution in [-0.2, 0) is 16.4 Å². The van der Waals surface area contributed by atoms with Crippen LogP contribution in [0.25, 0.3) is 0 Å². The van der Waals surface area contributed by atoms with E-state index in [0.717, 1.165) is 5.56 Å². The number of nitro groups is 1. The Labute approximate surface area is 192 Å². The standard InChI is InChI=1S/C24H23N3O5S/c1-16-13-19-7-3-4-12-23(19)26(16)33(31,32)22-11-6-9-20(15-22)24(28)25-17(2)18-8-5-10-21(14-18)27(29)30/h3-12,14-17H,13H2,1-2H3,(H,25,28). The van der Waals surface area contributed by atoms with Gasteiger partial charge in [-0.2, -0.15) is 0 Å². The highest BCUT2D eigenvalue weighted by Crippen LogP contribution is 2.36. The lowest BCUT2D eigenvalue weighted by Crippen LogP contribution is -2.36. The molecule has 0 aromatic heterocycles. The van der Waals surface area contributed by atoms with Crippen molar-refractivity contribution in [1.82, 2.24) is 5.32 Å². The number of hydrogen-bond acceptors (Lipinski definition) is 5. The molecule has 170 valence electrons. The van der Waals surface area contributed by atoms with Crippen LogP contribution in [0.1, 0.15) is 41.4 Å². The number of para-hydroxylation sites is 1. The van der Waals surface area contributed by atoms with E-state index in [1.165, 1.54) is 40.7 Å². The molecule has 0 aliphatic carbocycles. The maximum Gasteiger partial charge on any atom is 0.269 e. The van der Waals surface area contributed by atoms with E-state index in [1.54, 1.807) is 31.2 Å². The molecule has 0 fully saturated rings. The number of sulfonamides is 1. The first-order valence-electron chi connectivity index (χ1n) is 10.5. The first kappa shape index (κ1) is 22.5. The molecule has 1 amide bonds. The Morgan fingerprint density at radius 2 is 1.82 bits per heavy atom. The lowest BCUT2D eigenvalue weighted by molar-refractivity contribution is -0.384. The molecular formula is C24H23N3O5S. The van der Waals surface area contributed by atoms with Gasteiger partial charge in [-0.3, -0.25) is 19.2 Å². The number of carbonyl (C=O) groups excluding carboxylic acids is 1. The van der Waals surface area contributed by atoms with Crippen LogP contribution in [0.2, 0.25) is 0 Å². The van der Waals surface area contributed by atoms with Gasteiger partial charge in [0, 0.05) is 23.7 Å². The zero-order chi connectivity index (χ0) is 23.8. The number of rotatable bonds is 6. The second-order valence-corrected chi connectivity index (χ2v) is 9.87. The Morgan fingerprint density at radius 1 is 1.09 bits per heavy atom. The molecular weight excluding hydrogens is 442 g/mol. The van der Waals surface area contributed by atoms with Gasteiger partial charge in [-0.15, -0.1) is 0 Å². The van der Waals surface area contributed by atoms with Crippen molar-refractivity contribution < 1.29 is 18.1 Å². The maximum absolute atomic E-state index is 13.5. The lowest BCUT2D eigenvalue weighted by Gasteiger charge is -2.24. The molecule has 33 heavy (non-hydrogen) atoms. The number of non-ortho nitro benzene ring substituents is 1. The van der Waals surface area contributed by atoms with Crippen molar-refractivity contribution >= 4 is 27.3 Å². The zero-order valence-corrected chi connectivity index (χ0v) is 19.0. The quantitative estimate of drug-likeness (QED) is 0.433. The molecule has 0 saturated heterocycles. The summed E-state index contributed by atoms with van der Waals surface area (Å²) in [5.74, 6) is -0.471. The van der Waals surface area contributed by atoms with E-state index in [2.05, 4.69) is 5.32 Å². The van der Waals surface area contributed by atoms with E-state index in [9.17, 15) is 23.3 Å². The van der Waals surface area contributed by atoms with Crippen molar-refractivity contribution in [3.8, 4) is 0 Å². The Morgan fingerprint density at radius 3 is 2.58 bits per heavy atom. The molecule has 2 unspecified atom stereocenters. The second kappa shape index (κ2) is 8.67. The van der Waals surface area contributed by atoms with E-state index >= 15 is 0 Å². The summed E-state index contributed by atoms with van der Waals surface area (Å²) in [6, 6.07) is 18.6. The number of fused-ring (bicyclic) bond motifs is 1.